The molecule has 140 valence electrons. The summed E-state index contributed by atoms with van der Waals surface area (Å²) in [6, 6.07) is 7.07. The molecule has 1 saturated heterocycles. The summed E-state index contributed by atoms with van der Waals surface area (Å²) < 4.78 is 35.3. The summed E-state index contributed by atoms with van der Waals surface area (Å²) in [7, 11) is 0. The van der Waals surface area contributed by atoms with Gasteiger partial charge in [-0.2, -0.15) is 0 Å². The second kappa shape index (κ2) is 9.56. The molecule has 0 saturated carbocycles. The van der Waals surface area contributed by atoms with Crippen LogP contribution in [0, 0.1) is 0 Å². The van der Waals surface area contributed by atoms with E-state index in [2.05, 4.69) is 22.5 Å². The maximum atomic E-state index is 12.2. The highest BCUT2D eigenvalue weighted by Gasteiger charge is 2.29. The Kier molecular flexibility index (Phi) is 7.43. The molecule has 0 aromatic heterocycles. The molecule has 5 nitrogen and oxygen atoms in total. The smallest absolute Gasteiger partial charge is 0.272 e. The molecule has 1 aliphatic heterocycles. The molecule has 7 heteroatoms. The van der Waals surface area contributed by atoms with Gasteiger partial charge in [0.1, 0.15) is 12.4 Å². The summed E-state index contributed by atoms with van der Waals surface area (Å²) in [6.07, 6.45) is -0.370. The van der Waals surface area contributed by atoms with Crippen LogP contribution in [0.3, 0.4) is 0 Å². The summed E-state index contributed by atoms with van der Waals surface area (Å²) in [5.41, 5.74) is 0.742. The number of hydrogen-bond donors (Lipinski definition) is 2. The Morgan fingerprint density at radius 3 is 2.92 bits per heavy atom. The highest BCUT2D eigenvalue weighted by molar-refractivity contribution is 5.79. The summed E-state index contributed by atoms with van der Waals surface area (Å²) in [4.78, 5) is 4.55. The normalized spacial score (nSPS) is 20.8. The van der Waals surface area contributed by atoms with Gasteiger partial charge in [-0.3, -0.25) is 0 Å². The molecular formula is C18H27F2N3O2. The third-order valence-corrected chi connectivity index (χ3v) is 3.97. The van der Waals surface area contributed by atoms with Crippen molar-refractivity contribution in [2.24, 2.45) is 4.99 Å². The molecule has 0 radical (unpaired) electrons. The molecule has 1 aliphatic rings. The van der Waals surface area contributed by atoms with Crippen molar-refractivity contribution in [3.05, 3.63) is 29.8 Å². The van der Waals surface area contributed by atoms with Crippen molar-refractivity contribution in [2.75, 3.05) is 26.3 Å². The summed E-state index contributed by atoms with van der Waals surface area (Å²) in [6.45, 7) is 6.17. The van der Waals surface area contributed by atoms with Crippen LogP contribution >= 0.6 is 0 Å². The Bertz CT molecular complexity index is 561. The van der Waals surface area contributed by atoms with Gasteiger partial charge in [-0.1, -0.05) is 12.1 Å². The lowest BCUT2D eigenvalue weighted by Crippen LogP contribution is -2.45. The van der Waals surface area contributed by atoms with E-state index in [1.54, 1.807) is 18.2 Å². The first-order chi connectivity index (χ1) is 12.0. The van der Waals surface area contributed by atoms with Crippen molar-refractivity contribution in [2.45, 2.75) is 45.3 Å². The van der Waals surface area contributed by atoms with Crippen LogP contribution in [0.25, 0.3) is 0 Å². The number of hydrogen-bond acceptors (Lipinski definition) is 3. The number of benzene rings is 1. The highest BCUT2D eigenvalue weighted by atomic mass is 19.3. The average molecular weight is 355 g/mol. The van der Waals surface area contributed by atoms with E-state index in [1.165, 1.54) is 0 Å². The third kappa shape index (κ3) is 6.86. The van der Waals surface area contributed by atoms with Gasteiger partial charge in [-0.15, -0.1) is 0 Å². The zero-order valence-electron chi connectivity index (χ0n) is 14.9. The van der Waals surface area contributed by atoms with E-state index < -0.39 is 13.0 Å². The summed E-state index contributed by atoms with van der Waals surface area (Å²) >= 11 is 0. The molecule has 1 atom stereocenters. The molecule has 2 rings (SSSR count). The van der Waals surface area contributed by atoms with Gasteiger partial charge in [0, 0.05) is 19.7 Å². The van der Waals surface area contributed by atoms with Crippen LogP contribution in [0.1, 0.15) is 32.3 Å². The van der Waals surface area contributed by atoms with Crippen molar-refractivity contribution < 1.29 is 18.3 Å². The fourth-order valence-corrected chi connectivity index (χ4v) is 2.65. The number of aliphatic imine (C=N–C) groups is 1. The van der Waals surface area contributed by atoms with Crippen LogP contribution in [0.2, 0.25) is 0 Å². The maximum Gasteiger partial charge on any atom is 0.272 e. The van der Waals surface area contributed by atoms with Gasteiger partial charge in [-0.05, 0) is 44.4 Å². The molecule has 1 fully saturated rings. The number of guanidine groups is 1. The van der Waals surface area contributed by atoms with Crippen LogP contribution in [0.4, 0.5) is 8.78 Å². The molecule has 2 N–H and O–H groups in total. The van der Waals surface area contributed by atoms with Gasteiger partial charge in [0.25, 0.3) is 6.43 Å². The maximum absolute atomic E-state index is 12.2. The lowest BCUT2D eigenvalue weighted by atomic mass is 10.0. The van der Waals surface area contributed by atoms with Gasteiger partial charge in [-0.25, -0.2) is 13.8 Å². The molecular weight excluding hydrogens is 328 g/mol. The minimum absolute atomic E-state index is 0.154. The van der Waals surface area contributed by atoms with Crippen molar-refractivity contribution in [3.8, 4) is 5.75 Å². The minimum Gasteiger partial charge on any atom is -0.488 e. The van der Waals surface area contributed by atoms with Crippen molar-refractivity contribution in [3.63, 3.8) is 0 Å². The topological polar surface area (TPSA) is 54.9 Å². The lowest BCUT2D eigenvalue weighted by molar-refractivity contribution is 0.0243. The zero-order chi connectivity index (χ0) is 18.1. The van der Waals surface area contributed by atoms with E-state index in [4.69, 9.17) is 9.47 Å². The molecule has 0 amide bonds. The molecule has 1 aromatic carbocycles. The second-order valence-electron chi connectivity index (χ2n) is 6.30. The highest BCUT2D eigenvalue weighted by Crippen LogP contribution is 2.23. The SMILES string of the molecule is CCNC(=NCc1cccc(OCC(F)F)c1)NCC1(C)CCCO1. The summed E-state index contributed by atoms with van der Waals surface area (Å²) in [5, 5.41) is 6.51. The van der Waals surface area contributed by atoms with Crippen molar-refractivity contribution >= 4 is 5.96 Å². The predicted octanol–water partition coefficient (Wildman–Crippen LogP) is 2.95. The Morgan fingerprint density at radius 1 is 1.40 bits per heavy atom. The van der Waals surface area contributed by atoms with E-state index in [-0.39, 0.29) is 5.60 Å². The number of nitrogens with one attached hydrogen (secondary N) is 2. The largest absolute Gasteiger partial charge is 0.488 e. The Morgan fingerprint density at radius 2 is 2.24 bits per heavy atom. The first kappa shape index (κ1) is 19.4. The van der Waals surface area contributed by atoms with E-state index in [0.29, 0.717) is 24.8 Å². The first-order valence-electron chi connectivity index (χ1n) is 8.67. The van der Waals surface area contributed by atoms with Gasteiger partial charge >= 0.3 is 0 Å². The standard InChI is InChI=1S/C18H27F2N3O2/c1-3-21-17(23-13-18(2)8-5-9-25-18)22-11-14-6-4-7-15(10-14)24-12-16(19)20/h4,6-7,10,16H,3,5,8-9,11-13H2,1-2H3,(H2,21,22,23). The summed E-state index contributed by atoms with van der Waals surface area (Å²) in [5.74, 6) is 1.14. The monoisotopic (exact) mass is 355 g/mol. The van der Waals surface area contributed by atoms with E-state index in [1.807, 2.05) is 13.0 Å². The second-order valence-corrected chi connectivity index (χ2v) is 6.30. The van der Waals surface area contributed by atoms with Gasteiger partial charge < -0.3 is 20.1 Å². The predicted molar refractivity (Wildman–Crippen MR) is 94.4 cm³/mol. The molecule has 1 aromatic rings. The number of alkyl halides is 2. The number of nitrogens with zero attached hydrogens (tertiary/aromatic N) is 1. The number of ether oxygens (including phenoxy) is 2. The quantitative estimate of drug-likeness (QED) is 0.556. The fraction of sp³-hybridized carbons (Fsp3) is 0.611. The number of halogens is 2. The van der Waals surface area contributed by atoms with E-state index in [9.17, 15) is 8.78 Å². The van der Waals surface area contributed by atoms with Crippen LogP contribution in [-0.4, -0.2) is 44.3 Å². The molecule has 25 heavy (non-hydrogen) atoms. The van der Waals surface area contributed by atoms with Crippen LogP contribution in [0.15, 0.2) is 29.3 Å². The van der Waals surface area contributed by atoms with Crippen LogP contribution in [-0.2, 0) is 11.3 Å². The fourth-order valence-electron chi connectivity index (χ4n) is 2.65. The Balaban J connectivity index is 1.92. The van der Waals surface area contributed by atoms with E-state index >= 15 is 0 Å². The molecule has 0 bridgehead atoms. The van der Waals surface area contributed by atoms with Crippen LogP contribution < -0.4 is 15.4 Å². The minimum atomic E-state index is -2.48. The van der Waals surface area contributed by atoms with Gasteiger partial charge in [0.2, 0.25) is 0 Å². The Hall–Kier alpha value is -1.89. The first-order valence-corrected chi connectivity index (χ1v) is 8.67. The molecule has 0 aliphatic carbocycles. The molecule has 0 spiro atoms. The Labute approximate surface area is 147 Å². The van der Waals surface area contributed by atoms with Crippen molar-refractivity contribution in [1.82, 2.24) is 10.6 Å². The van der Waals surface area contributed by atoms with Crippen LogP contribution in [0.5, 0.6) is 5.75 Å². The zero-order valence-corrected chi connectivity index (χ0v) is 14.9. The van der Waals surface area contributed by atoms with E-state index in [0.717, 1.165) is 31.6 Å². The average Bonchev–Trinajstić information content (AvgIpc) is 3.03. The molecule has 1 unspecified atom stereocenters. The number of rotatable bonds is 8. The van der Waals surface area contributed by atoms with Gasteiger partial charge in [0.05, 0.1) is 12.1 Å². The lowest BCUT2D eigenvalue weighted by Gasteiger charge is -2.24. The van der Waals surface area contributed by atoms with Crippen molar-refractivity contribution in [1.29, 1.82) is 0 Å². The van der Waals surface area contributed by atoms with Gasteiger partial charge in [0.15, 0.2) is 5.96 Å². The third-order valence-electron chi connectivity index (χ3n) is 3.97. The molecule has 1 heterocycles.